The number of carbonyl (C=O) groups excluding carboxylic acids is 1. The van der Waals surface area contributed by atoms with Crippen molar-refractivity contribution in [3.05, 3.63) is 35.4 Å². The first kappa shape index (κ1) is 17.1. The Morgan fingerprint density at radius 3 is 2.67 bits per heavy atom. The Morgan fingerprint density at radius 2 is 2.05 bits per heavy atom. The highest BCUT2D eigenvalue weighted by Gasteiger charge is 2.07. The monoisotopic (exact) mass is 288 g/mol. The molecule has 1 rings (SSSR count). The Balaban J connectivity index is 2.47. The van der Waals surface area contributed by atoms with Crippen LogP contribution in [0.2, 0.25) is 0 Å². The Bertz CT molecular complexity index is 486. The molecule has 0 unspecified atom stereocenters. The van der Waals surface area contributed by atoms with E-state index in [1.807, 2.05) is 24.3 Å². The molecule has 1 aromatic rings. The van der Waals surface area contributed by atoms with Gasteiger partial charge in [0.15, 0.2) is 0 Å². The van der Waals surface area contributed by atoms with Crippen LogP contribution in [0.5, 0.6) is 0 Å². The van der Waals surface area contributed by atoms with Gasteiger partial charge in [-0.2, -0.15) is 0 Å². The zero-order valence-corrected chi connectivity index (χ0v) is 12.9. The van der Waals surface area contributed by atoms with Gasteiger partial charge in [0.2, 0.25) is 0 Å². The number of amides is 2. The second-order valence-corrected chi connectivity index (χ2v) is 4.91. The van der Waals surface area contributed by atoms with E-state index >= 15 is 0 Å². The van der Waals surface area contributed by atoms with E-state index in [9.17, 15) is 4.79 Å². The van der Waals surface area contributed by atoms with E-state index in [1.165, 1.54) is 0 Å². The number of hydrogen-bond acceptors (Lipinski definition) is 2. The number of rotatable bonds is 6. The molecule has 1 aromatic carbocycles. The largest absolute Gasteiger partial charge is 0.395 e. The average molecular weight is 288 g/mol. The lowest BCUT2D eigenvalue weighted by atomic mass is 10.1. The Labute approximate surface area is 127 Å². The number of unbranched alkanes of at least 4 members (excludes halogenated alkanes) is 1. The number of hydrogen-bond donors (Lipinski definition) is 2. The molecule has 21 heavy (non-hydrogen) atoms. The van der Waals surface area contributed by atoms with Gasteiger partial charge in [-0.15, -0.1) is 0 Å². The average Bonchev–Trinajstić information content (AvgIpc) is 2.49. The summed E-state index contributed by atoms with van der Waals surface area (Å²) in [4.78, 5) is 13.5. The van der Waals surface area contributed by atoms with E-state index in [1.54, 1.807) is 11.9 Å². The van der Waals surface area contributed by atoms with Crippen molar-refractivity contribution in [2.75, 3.05) is 20.2 Å². The first-order valence-corrected chi connectivity index (χ1v) is 7.35. The number of carbonyl (C=O) groups is 1. The van der Waals surface area contributed by atoms with Crippen LogP contribution in [0, 0.1) is 11.8 Å². The molecule has 0 fully saturated rings. The Kier molecular flexibility index (Phi) is 8.00. The van der Waals surface area contributed by atoms with E-state index in [4.69, 9.17) is 5.11 Å². The number of benzene rings is 1. The van der Waals surface area contributed by atoms with Crippen molar-refractivity contribution in [3.63, 3.8) is 0 Å². The van der Waals surface area contributed by atoms with Gasteiger partial charge < -0.3 is 15.3 Å². The zero-order valence-electron chi connectivity index (χ0n) is 12.9. The third-order valence-electron chi connectivity index (χ3n) is 3.00. The lowest BCUT2D eigenvalue weighted by molar-refractivity contribution is 0.207. The van der Waals surface area contributed by atoms with Crippen LogP contribution in [0.25, 0.3) is 0 Å². The van der Waals surface area contributed by atoms with Crippen molar-refractivity contribution in [1.29, 1.82) is 0 Å². The molecule has 2 amide bonds. The molecule has 4 heteroatoms. The normalized spacial score (nSPS) is 9.67. The summed E-state index contributed by atoms with van der Waals surface area (Å²) >= 11 is 0. The molecular formula is C17H24N2O2. The Morgan fingerprint density at radius 1 is 1.33 bits per heavy atom. The smallest absolute Gasteiger partial charge is 0.317 e. The highest BCUT2D eigenvalue weighted by Crippen LogP contribution is 2.06. The quantitative estimate of drug-likeness (QED) is 0.623. The summed E-state index contributed by atoms with van der Waals surface area (Å²) in [5, 5.41) is 11.6. The SMILES string of the molecule is CCCCNC(=O)N(C)Cc1ccc(C#CCCO)cc1. The van der Waals surface area contributed by atoms with E-state index in [0.717, 1.165) is 30.5 Å². The van der Waals surface area contributed by atoms with Gasteiger partial charge in [0.05, 0.1) is 6.61 Å². The van der Waals surface area contributed by atoms with Gasteiger partial charge in [0.25, 0.3) is 0 Å². The molecule has 0 saturated heterocycles. The first-order chi connectivity index (χ1) is 10.2. The summed E-state index contributed by atoms with van der Waals surface area (Å²) in [5.74, 6) is 5.86. The van der Waals surface area contributed by atoms with E-state index in [-0.39, 0.29) is 12.6 Å². The predicted molar refractivity (Wildman–Crippen MR) is 84.8 cm³/mol. The van der Waals surface area contributed by atoms with Crippen LogP contribution in [0.1, 0.15) is 37.3 Å². The molecule has 0 atom stereocenters. The summed E-state index contributed by atoms with van der Waals surface area (Å²) in [6, 6.07) is 7.76. The summed E-state index contributed by atoms with van der Waals surface area (Å²) in [6.07, 6.45) is 2.56. The minimum absolute atomic E-state index is 0.0461. The molecular weight excluding hydrogens is 264 g/mol. The van der Waals surface area contributed by atoms with Crippen LogP contribution in [0.3, 0.4) is 0 Å². The fourth-order valence-corrected chi connectivity index (χ4v) is 1.77. The first-order valence-electron chi connectivity index (χ1n) is 7.35. The van der Waals surface area contributed by atoms with E-state index in [2.05, 4.69) is 24.1 Å². The van der Waals surface area contributed by atoms with Gasteiger partial charge in [-0.1, -0.05) is 37.3 Å². The van der Waals surface area contributed by atoms with Crippen LogP contribution in [0.4, 0.5) is 4.79 Å². The molecule has 0 bridgehead atoms. The van der Waals surface area contributed by atoms with Crippen molar-refractivity contribution >= 4 is 6.03 Å². The highest BCUT2D eigenvalue weighted by atomic mass is 16.2. The zero-order chi connectivity index (χ0) is 15.5. The number of nitrogens with one attached hydrogen (secondary N) is 1. The predicted octanol–water partition coefficient (Wildman–Crippen LogP) is 2.36. The molecule has 0 aliphatic heterocycles. The number of nitrogens with zero attached hydrogens (tertiary/aromatic N) is 1. The molecule has 0 radical (unpaired) electrons. The van der Waals surface area contributed by atoms with Gasteiger partial charge in [-0.25, -0.2) is 4.79 Å². The molecule has 114 valence electrons. The molecule has 0 aliphatic rings. The van der Waals surface area contributed by atoms with Crippen LogP contribution >= 0.6 is 0 Å². The second-order valence-electron chi connectivity index (χ2n) is 4.91. The van der Waals surface area contributed by atoms with E-state index < -0.39 is 0 Å². The lowest BCUT2D eigenvalue weighted by Crippen LogP contribution is -2.37. The molecule has 0 saturated carbocycles. The van der Waals surface area contributed by atoms with E-state index in [0.29, 0.717) is 13.0 Å². The van der Waals surface area contributed by atoms with Crippen LogP contribution in [-0.2, 0) is 6.54 Å². The molecule has 0 spiro atoms. The number of aliphatic hydroxyl groups is 1. The third-order valence-corrected chi connectivity index (χ3v) is 3.00. The fourth-order valence-electron chi connectivity index (χ4n) is 1.77. The van der Waals surface area contributed by atoms with Crippen LogP contribution < -0.4 is 5.32 Å². The summed E-state index contributed by atoms with van der Waals surface area (Å²) < 4.78 is 0. The van der Waals surface area contributed by atoms with Crippen molar-refractivity contribution in [2.24, 2.45) is 0 Å². The van der Waals surface area contributed by atoms with Crippen LogP contribution in [-0.4, -0.2) is 36.2 Å². The van der Waals surface area contributed by atoms with Crippen molar-refractivity contribution in [2.45, 2.75) is 32.7 Å². The lowest BCUT2D eigenvalue weighted by Gasteiger charge is -2.18. The van der Waals surface area contributed by atoms with Crippen molar-refractivity contribution < 1.29 is 9.90 Å². The summed E-state index contributed by atoms with van der Waals surface area (Å²) in [6.45, 7) is 3.48. The van der Waals surface area contributed by atoms with Gasteiger partial charge in [0, 0.05) is 32.1 Å². The van der Waals surface area contributed by atoms with Gasteiger partial charge >= 0.3 is 6.03 Å². The molecule has 0 aromatic heterocycles. The summed E-state index contributed by atoms with van der Waals surface area (Å²) in [7, 11) is 1.79. The van der Waals surface area contributed by atoms with Crippen molar-refractivity contribution in [3.8, 4) is 11.8 Å². The maximum Gasteiger partial charge on any atom is 0.317 e. The standard InChI is InChI=1S/C17H24N2O2/c1-3-4-12-18-17(21)19(2)14-16-10-8-15(9-11-16)7-5-6-13-20/h8-11,20H,3-4,6,12-14H2,1-2H3,(H,18,21). The minimum Gasteiger partial charge on any atom is -0.395 e. The summed E-state index contributed by atoms with van der Waals surface area (Å²) in [5.41, 5.74) is 1.98. The number of urea groups is 1. The molecule has 0 aliphatic carbocycles. The molecule has 4 nitrogen and oxygen atoms in total. The topological polar surface area (TPSA) is 52.6 Å². The second kappa shape index (κ2) is 9.84. The molecule has 0 heterocycles. The van der Waals surface area contributed by atoms with Gasteiger partial charge in [-0.3, -0.25) is 0 Å². The maximum atomic E-state index is 11.8. The van der Waals surface area contributed by atoms with Crippen molar-refractivity contribution in [1.82, 2.24) is 10.2 Å². The Hall–Kier alpha value is -1.99. The maximum absolute atomic E-state index is 11.8. The highest BCUT2D eigenvalue weighted by molar-refractivity contribution is 5.73. The fraction of sp³-hybridized carbons (Fsp3) is 0.471. The third kappa shape index (κ3) is 6.82. The number of aliphatic hydroxyl groups excluding tert-OH is 1. The minimum atomic E-state index is -0.0461. The van der Waals surface area contributed by atoms with Crippen LogP contribution in [0.15, 0.2) is 24.3 Å². The van der Waals surface area contributed by atoms with Gasteiger partial charge in [0.1, 0.15) is 0 Å². The molecule has 2 N–H and O–H groups in total. The van der Waals surface area contributed by atoms with Gasteiger partial charge in [-0.05, 0) is 24.1 Å².